The SMILES string of the molecule is CCCCCCCC(C)NC(C)C1CC1. The fraction of sp³-hybridized carbons (Fsp3) is 1.00. The molecule has 2 atom stereocenters. The summed E-state index contributed by atoms with van der Waals surface area (Å²) in [5.74, 6) is 0.993. The van der Waals surface area contributed by atoms with Crippen molar-refractivity contribution in [2.45, 2.75) is 84.2 Å². The van der Waals surface area contributed by atoms with Gasteiger partial charge in [-0.25, -0.2) is 0 Å². The van der Waals surface area contributed by atoms with Crippen molar-refractivity contribution in [3.63, 3.8) is 0 Å². The van der Waals surface area contributed by atoms with E-state index in [0.717, 1.165) is 18.0 Å². The molecule has 15 heavy (non-hydrogen) atoms. The van der Waals surface area contributed by atoms with E-state index in [9.17, 15) is 0 Å². The molecule has 0 aliphatic heterocycles. The van der Waals surface area contributed by atoms with Crippen molar-refractivity contribution in [1.29, 1.82) is 0 Å². The highest BCUT2D eigenvalue weighted by molar-refractivity contribution is 4.84. The summed E-state index contributed by atoms with van der Waals surface area (Å²) in [7, 11) is 0. The van der Waals surface area contributed by atoms with Crippen LogP contribution in [0.15, 0.2) is 0 Å². The molecule has 0 aromatic carbocycles. The lowest BCUT2D eigenvalue weighted by Crippen LogP contribution is -2.35. The summed E-state index contributed by atoms with van der Waals surface area (Å²) in [6, 6.07) is 1.48. The Labute approximate surface area is 96.0 Å². The second kappa shape index (κ2) is 7.27. The van der Waals surface area contributed by atoms with Crippen LogP contribution in [0.5, 0.6) is 0 Å². The fourth-order valence-electron chi connectivity index (χ4n) is 2.32. The molecule has 0 spiro atoms. The van der Waals surface area contributed by atoms with Gasteiger partial charge >= 0.3 is 0 Å². The number of rotatable bonds is 9. The quantitative estimate of drug-likeness (QED) is 0.566. The summed E-state index contributed by atoms with van der Waals surface area (Å²) in [5.41, 5.74) is 0. The Morgan fingerprint density at radius 2 is 1.73 bits per heavy atom. The number of hydrogen-bond acceptors (Lipinski definition) is 1. The Bertz CT molecular complexity index is 151. The zero-order valence-corrected chi connectivity index (χ0v) is 10.9. The van der Waals surface area contributed by atoms with Crippen LogP contribution >= 0.6 is 0 Å². The van der Waals surface area contributed by atoms with Gasteiger partial charge in [-0.2, -0.15) is 0 Å². The van der Waals surface area contributed by atoms with Crippen LogP contribution < -0.4 is 5.32 Å². The minimum Gasteiger partial charge on any atom is -0.312 e. The van der Waals surface area contributed by atoms with Gasteiger partial charge in [-0.1, -0.05) is 39.0 Å². The molecule has 0 aromatic heterocycles. The number of unbranched alkanes of at least 4 members (excludes halogenated alkanes) is 4. The predicted molar refractivity (Wildman–Crippen MR) is 68.2 cm³/mol. The van der Waals surface area contributed by atoms with Gasteiger partial charge in [0.25, 0.3) is 0 Å². The zero-order chi connectivity index (χ0) is 11.1. The number of hydrogen-bond donors (Lipinski definition) is 1. The van der Waals surface area contributed by atoms with E-state index < -0.39 is 0 Å². The Balaban J connectivity index is 1.90. The van der Waals surface area contributed by atoms with Crippen LogP contribution in [0.3, 0.4) is 0 Å². The van der Waals surface area contributed by atoms with Crippen molar-refractivity contribution in [2.75, 3.05) is 0 Å². The van der Waals surface area contributed by atoms with Gasteiger partial charge in [-0.05, 0) is 39.0 Å². The first-order valence-electron chi connectivity index (χ1n) is 7.00. The summed E-state index contributed by atoms with van der Waals surface area (Å²) in [6.07, 6.45) is 11.3. The van der Waals surface area contributed by atoms with Crippen LogP contribution in [0.4, 0.5) is 0 Å². The van der Waals surface area contributed by atoms with Crippen LogP contribution in [0, 0.1) is 5.92 Å². The van der Waals surface area contributed by atoms with Gasteiger partial charge in [0.1, 0.15) is 0 Å². The minimum absolute atomic E-state index is 0.724. The molecule has 0 amide bonds. The summed E-state index contributed by atoms with van der Waals surface area (Å²) < 4.78 is 0. The standard InChI is InChI=1S/C14H29N/c1-4-5-6-7-8-9-12(2)15-13(3)14-10-11-14/h12-15H,4-11H2,1-3H3. The minimum atomic E-state index is 0.724. The smallest absolute Gasteiger partial charge is 0.00694 e. The summed E-state index contributed by atoms with van der Waals surface area (Å²) in [4.78, 5) is 0. The van der Waals surface area contributed by atoms with Crippen molar-refractivity contribution in [2.24, 2.45) is 5.92 Å². The molecule has 0 bridgehead atoms. The average molecular weight is 211 g/mol. The highest BCUT2D eigenvalue weighted by Crippen LogP contribution is 2.32. The zero-order valence-electron chi connectivity index (χ0n) is 10.9. The average Bonchev–Trinajstić information content (AvgIpc) is 3.00. The van der Waals surface area contributed by atoms with E-state index in [1.807, 2.05) is 0 Å². The van der Waals surface area contributed by atoms with Crippen molar-refractivity contribution in [3.8, 4) is 0 Å². The Morgan fingerprint density at radius 1 is 1.07 bits per heavy atom. The van der Waals surface area contributed by atoms with Crippen molar-refractivity contribution < 1.29 is 0 Å². The fourth-order valence-corrected chi connectivity index (χ4v) is 2.32. The Kier molecular flexibility index (Phi) is 6.31. The second-order valence-corrected chi connectivity index (χ2v) is 5.40. The van der Waals surface area contributed by atoms with Gasteiger partial charge in [0.15, 0.2) is 0 Å². The highest BCUT2D eigenvalue weighted by Gasteiger charge is 2.28. The first kappa shape index (κ1) is 13.0. The third-order valence-corrected chi connectivity index (χ3v) is 3.62. The van der Waals surface area contributed by atoms with Crippen LogP contribution in [0.2, 0.25) is 0 Å². The normalized spacial score (nSPS) is 20.2. The van der Waals surface area contributed by atoms with E-state index in [0.29, 0.717) is 0 Å². The van der Waals surface area contributed by atoms with Gasteiger partial charge in [0.05, 0.1) is 0 Å². The lowest BCUT2D eigenvalue weighted by atomic mass is 10.1. The van der Waals surface area contributed by atoms with Gasteiger partial charge in [-0.3, -0.25) is 0 Å². The lowest BCUT2D eigenvalue weighted by molar-refractivity contribution is 0.403. The maximum Gasteiger partial charge on any atom is 0.00694 e. The summed E-state index contributed by atoms with van der Waals surface area (Å²) in [5, 5.41) is 3.73. The lowest BCUT2D eigenvalue weighted by Gasteiger charge is -2.19. The molecule has 0 radical (unpaired) electrons. The van der Waals surface area contributed by atoms with E-state index in [2.05, 4.69) is 26.1 Å². The molecule has 1 rings (SSSR count). The van der Waals surface area contributed by atoms with Crippen molar-refractivity contribution in [1.82, 2.24) is 5.32 Å². The molecule has 1 aliphatic carbocycles. The molecular weight excluding hydrogens is 182 g/mol. The number of nitrogens with one attached hydrogen (secondary N) is 1. The third-order valence-electron chi connectivity index (χ3n) is 3.62. The monoisotopic (exact) mass is 211 g/mol. The molecule has 1 N–H and O–H groups in total. The molecule has 2 unspecified atom stereocenters. The van der Waals surface area contributed by atoms with E-state index in [1.54, 1.807) is 0 Å². The van der Waals surface area contributed by atoms with Crippen molar-refractivity contribution in [3.05, 3.63) is 0 Å². The van der Waals surface area contributed by atoms with Crippen LogP contribution in [0.1, 0.15) is 72.1 Å². The Hall–Kier alpha value is -0.0400. The van der Waals surface area contributed by atoms with Crippen LogP contribution in [0.25, 0.3) is 0 Å². The van der Waals surface area contributed by atoms with Gasteiger partial charge in [0, 0.05) is 12.1 Å². The van der Waals surface area contributed by atoms with E-state index in [4.69, 9.17) is 0 Å². The molecule has 0 saturated heterocycles. The maximum absolute atomic E-state index is 3.73. The van der Waals surface area contributed by atoms with E-state index >= 15 is 0 Å². The second-order valence-electron chi connectivity index (χ2n) is 5.40. The summed E-state index contributed by atoms with van der Waals surface area (Å²) >= 11 is 0. The molecule has 0 aromatic rings. The maximum atomic E-state index is 3.73. The van der Waals surface area contributed by atoms with Gasteiger partial charge in [0.2, 0.25) is 0 Å². The largest absolute Gasteiger partial charge is 0.312 e. The van der Waals surface area contributed by atoms with E-state index in [-0.39, 0.29) is 0 Å². The van der Waals surface area contributed by atoms with Crippen LogP contribution in [-0.2, 0) is 0 Å². The summed E-state index contributed by atoms with van der Waals surface area (Å²) in [6.45, 7) is 6.98. The molecule has 1 fully saturated rings. The molecule has 1 saturated carbocycles. The first-order valence-corrected chi connectivity index (χ1v) is 7.00. The predicted octanol–water partition coefficient (Wildman–Crippen LogP) is 4.12. The molecule has 1 heteroatoms. The Morgan fingerprint density at radius 3 is 2.33 bits per heavy atom. The van der Waals surface area contributed by atoms with E-state index in [1.165, 1.54) is 51.4 Å². The topological polar surface area (TPSA) is 12.0 Å². The molecule has 0 heterocycles. The molecule has 1 nitrogen and oxygen atoms in total. The van der Waals surface area contributed by atoms with Crippen LogP contribution in [-0.4, -0.2) is 12.1 Å². The molecular formula is C14H29N. The van der Waals surface area contributed by atoms with Crippen molar-refractivity contribution >= 4 is 0 Å². The first-order chi connectivity index (χ1) is 7.24. The third kappa shape index (κ3) is 6.19. The highest BCUT2D eigenvalue weighted by atomic mass is 14.9. The molecule has 90 valence electrons. The molecule has 1 aliphatic rings. The van der Waals surface area contributed by atoms with Gasteiger partial charge < -0.3 is 5.32 Å². The van der Waals surface area contributed by atoms with Gasteiger partial charge in [-0.15, -0.1) is 0 Å².